The summed E-state index contributed by atoms with van der Waals surface area (Å²) in [5.41, 5.74) is 0. The molecule has 0 spiro atoms. The van der Waals surface area contributed by atoms with E-state index in [1.54, 1.807) is 5.92 Å². The SMILES string of the molecule is C[C-](C)CCCC(C)C.[CH-]=O.[CH-]=O.[CH-]=O.[Ru+4]. The van der Waals surface area contributed by atoms with Crippen LogP contribution in [-0.4, -0.2) is 20.4 Å². The Hall–Kier alpha value is -0.367. The van der Waals surface area contributed by atoms with Crippen LogP contribution in [0.25, 0.3) is 0 Å². The van der Waals surface area contributed by atoms with Crippen LogP contribution < -0.4 is 0 Å². The van der Waals surface area contributed by atoms with Gasteiger partial charge in [-0.3, -0.25) is 20.4 Å². The Morgan fingerprint density at radius 3 is 1.44 bits per heavy atom. The van der Waals surface area contributed by atoms with E-state index in [2.05, 4.69) is 48.1 Å². The van der Waals surface area contributed by atoms with Crippen molar-refractivity contribution in [2.45, 2.75) is 47.0 Å². The first-order valence-corrected chi connectivity index (χ1v) is 4.62. The minimum absolute atomic E-state index is 0. The summed E-state index contributed by atoms with van der Waals surface area (Å²) in [6.07, 6.45) is 4.07. The number of carbonyl (C=O) groups excluding carboxylic acids is 3. The topological polar surface area (TPSA) is 51.2 Å². The van der Waals surface area contributed by atoms with Crippen LogP contribution in [0.1, 0.15) is 47.0 Å². The second-order valence-electron chi connectivity index (χ2n) is 3.49. The summed E-state index contributed by atoms with van der Waals surface area (Å²) in [6.45, 7) is 18.7. The van der Waals surface area contributed by atoms with Crippen molar-refractivity contribution in [1.29, 1.82) is 0 Å². The summed E-state index contributed by atoms with van der Waals surface area (Å²) in [4.78, 5) is 23.2. The second-order valence-corrected chi connectivity index (χ2v) is 3.49. The normalized spacial score (nSPS) is 7.12. The van der Waals surface area contributed by atoms with Gasteiger partial charge in [0.2, 0.25) is 0 Å². The van der Waals surface area contributed by atoms with Crippen molar-refractivity contribution < 1.29 is 33.9 Å². The van der Waals surface area contributed by atoms with Crippen molar-refractivity contribution in [2.75, 3.05) is 0 Å². The van der Waals surface area contributed by atoms with E-state index in [0.717, 1.165) is 5.92 Å². The monoisotopic (exact) mass is 316 g/mol. The zero-order valence-corrected chi connectivity index (χ0v) is 12.2. The molecular weight excluding hydrogens is 293 g/mol. The molecule has 0 bridgehead atoms. The van der Waals surface area contributed by atoms with Gasteiger partial charge in [-0.25, -0.2) is 0 Å². The summed E-state index contributed by atoms with van der Waals surface area (Å²) in [5.74, 6) is 2.44. The molecule has 0 aliphatic rings. The Balaban J connectivity index is -0.0000000498. The Bertz CT molecular complexity index is 85.5. The maximum atomic E-state index is 7.75. The maximum absolute atomic E-state index is 7.75. The summed E-state index contributed by atoms with van der Waals surface area (Å²) < 4.78 is 0. The van der Waals surface area contributed by atoms with Crippen molar-refractivity contribution in [1.82, 2.24) is 0 Å². The van der Waals surface area contributed by atoms with Crippen LogP contribution in [0.3, 0.4) is 0 Å². The van der Waals surface area contributed by atoms with Crippen molar-refractivity contribution in [2.24, 2.45) is 5.92 Å². The molecule has 0 aromatic rings. The second kappa shape index (κ2) is 36.5. The summed E-state index contributed by atoms with van der Waals surface area (Å²) >= 11 is 0. The van der Waals surface area contributed by atoms with E-state index < -0.39 is 0 Å². The molecule has 0 aromatic carbocycles. The van der Waals surface area contributed by atoms with E-state index in [1.165, 1.54) is 19.3 Å². The van der Waals surface area contributed by atoms with Gasteiger partial charge in [-0.05, 0) is 5.92 Å². The molecule has 0 unspecified atom stereocenters. The summed E-state index contributed by atoms with van der Waals surface area (Å²) in [5, 5.41) is 0. The predicted octanol–water partition coefficient (Wildman–Crippen LogP) is 2.60. The zero-order chi connectivity index (χ0) is 13.3. The van der Waals surface area contributed by atoms with Gasteiger partial charge in [0, 0.05) is 0 Å². The van der Waals surface area contributed by atoms with Crippen molar-refractivity contribution in [3.63, 3.8) is 0 Å². The van der Waals surface area contributed by atoms with Gasteiger partial charge in [0.15, 0.2) is 0 Å². The summed E-state index contributed by atoms with van der Waals surface area (Å²) in [7, 11) is 0. The van der Waals surface area contributed by atoms with Crippen LogP contribution >= 0.6 is 0 Å². The molecule has 0 rings (SSSR count). The Kier molecular flexibility index (Phi) is 67.5. The molecule has 3 nitrogen and oxygen atoms in total. The van der Waals surface area contributed by atoms with Gasteiger partial charge < -0.3 is 20.3 Å². The number of hydrogen-bond donors (Lipinski definition) is 0. The number of hydrogen-bond acceptors (Lipinski definition) is 3. The van der Waals surface area contributed by atoms with E-state index in [-0.39, 0.29) is 19.5 Å². The number of rotatable bonds is 4. The van der Waals surface area contributed by atoms with E-state index in [1.807, 2.05) is 0 Å². The molecular formula is C12H22O3Ru. The third kappa shape index (κ3) is 68.6. The van der Waals surface area contributed by atoms with Gasteiger partial charge in [-0.2, -0.15) is 20.3 Å². The minimum atomic E-state index is 0. The molecule has 0 atom stereocenters. The first-order chi connectivity index (χ1) is 7.13. The van der Waals surface area contributed by atoms with Crippen molar-refractivity contribution in [3.05, 3.63) is 5.92 Å². The molecule has 0 aliphatic carbocycles. The summed E-state index contributed by atoms with van der Waals surface area (Å²) in [6, 6.07) is 0. The first kappa shape index (κ1) is 29.6. The maximum Gasteiger partial charge on any atom is 4.00 e. The average molecular weight is 315 g/mol. The smallest absolute Gasteiger partial charge is 0.545 e. The standard InChI is InChI=1S/C9H19.3CHO.Ru/c1-8(2)6-5-7-9(3)4;3*1-2;/h8H,5-7H2,1-4H3;3*1H;/q4*-1;+4. The van der Waals surface area contributed by atoms with Gasteiger partial charge in [0.1, 0.15) is 0 Å². The Morgan fingerprint density at radius 1 is 0.938 bits per heavy atom. The van der Waals surface area contributed by atoms with E-state index >= 15 is 0 Å². The molecule has 0 N–H and O–H groups in total. The zero-order valence-electron chi connectivity index (χ0n) is 10.5. The molecule has 0 amide bonds. The van der Waals surface area contributed by atoms with Gasteiger partial charge >= 0.3 is 19.5 Å². The molecule has 0 saturated carbocycles. The molecule has 16 heavy (non-hydrogen) atoms. The molecule has 4 heteroatoms. The predicted molar refractivity (Wildman–Crippen MR) is 63.5 cm³/mol. The minimum Gasteiger partial charge on any atom is -0.545 e. The van der Waals surface area contributed by atoms with E-state index in [9.17, 15) is 0 Å². The van der Waals surface area contributed by atoms with Crippen molar-refractivity contribution in [3.8, 4) is 0 Å². The van der Waals surface area contributed by atoms with E-state index in [0.29, 0.717) is 0 Å². The quantitative estimate of drug-likeness (QED) is 0.455. The Labute approximate surface area is 113 Å². The van der Waals surface area contributed by atoms with Crippen LogP contribution in [0.2, 0.25) is 0 Å². The van der Waals surface area contributed by atoms with Crippen LogP contribution in [0.5, 0.6) is 0 Å². The van der Waals surface area contributed by atoms with E-state index in [4.69, 9.17) is 14.4 Å². The molecule has 0 heterocycles. The molecule has 0 aliphatic heterocycles. The molecule has 0 saturated heterocycles. The molecule has 96 valence electrons. The molecule has 0 fully saturated rings. The van der Waals surface area contributed by atoms with Crippen molar-refractivity contribution >= 4 is 20.4 Å². The van der Waals surface area contributed by atoms with Crippen LogP contribution in [-0.2, 0) is 33.9 Å². The van der Waals surface area contributed by atoms with Crippen LogP contribution in [0.4, 0.5) is 0 Å². The molecule has 0 radical (unpaired) electrons. The van der Waals surface area contributed by atoms with Gasteiger partial charge in [0.25, 0.3) is 0 Å². The van der Waals surface area contributed by atoms with Crippen LogP contribution in [0, 0.1) is 11.8 Å². The fourth-order valence-corrected chi connectivity index (χ4v) is 0.864. The molecule has 0 aromatic heterocycles. The van der Waals surface area contributed by atoms with Gasteiger partial charge in [0.05, 0.1) is 0 Å². The third-order valence-electron chi connectivity index (χ3n) is 1.46. The first-order valence-electron chi connectivity index (χ1n) is 4.62. The fraction of sp³-hybridized carbons (Fsp3) is 0.667. The van der Waals surface area contributed by atoms with Crippen LogP contribution in [0.15, 0.2) is 0 Å². The van der Waals surface area contributed by atoms with Gasteiger partial charge in [-0.1, -0.05) is 26.7 Å². The third-order valence-corrected chi connectivity index (χ3v) is 1.46. The Morgan fingerprint density at radius 2 is 1.25 bits per heavy atom. The fourth-order valence-electron chi connectivity index (χ4n) is 0.864. The van der Waals surface area contributed by atoms with Gasteiger partial charge in [-0.15, -0.1) is 0 Å². The largest absolute Gasteiger partial charge is 4.00 e. The average Bonchev–Trinajstić information content (AvgIpc) is 2.25.